The number of amides is 1. The van der Waals surface area contributed by atoms with Crippen molar-refractivity contribution in [1.82, 2.24) is 14.7 Å². The molecule has 1 N–H and O–H groups in total. The van der Waals surface area contributed by atoms with Crippen molar-refractivity contribution in [3.8, 4) is 5.75 Å². The van der Waals surface area contributed by atoms with Crippen molar-refractivity contribution in [2.24, 2.45) is 0 Å². The molecule has 0 saturated carbocycles. The molecule has 2 aromatic rings. The molecule has 1 amide bonds. The summed E-state index contributed by atoms with van der Waals surface area (Å²) in [5, 5.41) is 15.6. The Morgan fingerprint density at radius 2 is 2.00 bits per heavy atom. The summed E-state index contributed by atoms with van der Waals surface area (Å²) in [7, 11) is 1.61. The van der Waals surface area contributed by atoms with Gasteiger partial charge in [0.15, 0.2) is 0 Å². The Balaban J connectivity index is 1.84. The van der Waals surface area contributed by atoms with Gasteiger partial charge in [-0.15, -0.1) is 0 Å². The second-order valence-corrected chi connectivity index (χ2v) is 7.31. The summed E-state index contributed by atoms with van der Waals surface area (Å²) in [5.74, 6) is 0.615. The van der Waals surface area contributed by atoms with Gasteiger partial charge in [-0.2, -0.15) is 5.10 Å². The zero-order chi connectivity index (χ0) is 18.9. The van der Waals surface area contributed by atoms with Crippen molar-refractivity contribution in [3.05, 3.63) is 47.8 Å². The fourth-order valence-electron chi connectivity index (χ4n) is 3.60. The van der Waals surface area contributed by atoms with Gasteiger partial charge in [0.1, 0.15) is 17.0 Å². The third kappa shape index (κ3) is 3.33. The van der Waals surface area contributed by atoms with Gasteiger partial charge in [-0.25, -0.2) is 0 Å². The first-order valence-electron chi connectivity index (χ1n) is 9.07. The molecule has 0 radical (unpaired) electrons. The lowest BCUT2D eigenvalue weighted by molar-refractivity contribution is -0.0179. The molecular formula is C20H27N3O3. The minimum atomic E-state index is -1.14. The van der Waals surface area contributed by atoms with Crippen LogP contribution in [0.5, 0.6) is 5.75 Å². The summed E-state index contributed by atoms with van der Waals surface area (Å²) < 4.78 is 6.97. The fraction of sp³-hybridized carbons (Fsp3) is 0.500. The van der Waals surface area contributed by atoms with Gasteiger partial charge in [-0.05, 0) is 57.4 Å². The number of ether oxygens (including phenoxy) is 1. The normalized spacial score (nSPS) is 19.6. The summed E-state index contributed by atoms with van der Waals surface area (Å²) >= 11 is 0. The standard InChI is InChI=1S/C20H27N3O3/c1-14(2)23-13-11-17(21-23)19(24)22-12-5-6-18(22)20(3,25)15-7-9-16(26-4)10-8-15/h7-11,13-14,18,25H,5-6,12H2,1-4H3/t18-,20-/m1/s1. The van der Waals surface area contributed by atoms with Gasteiger partial charge in [-0.1, -0.05) is 12.1 Å². The Morgan fingerprint density at radius 3 is 2.58 bits per heavy atom. The van der Waals surface area contributed by atoms with Crippen molar-refractivity contribution in [1.29, 1.82) is 0 Å². The summed E-state index contributed by atoms with van der Waals surface area (Å²) in [6.07, 6.45) is 3.45. The highest BCUT2D eigenvalue weighted by atomic mass is 16.5. The summed E-state index contributed by atoms with van der Waals surface area (Å²) in [6, 6.07) is 9.03. The number of benzene rings is 1. The average molecular weight is 357 g/mol. The number of hydrogen-bond donors (Lipinski definition) is 1. The Kier molecular flexibility index (Phi) is 5.05. The van der Waals surface area contributed by atoms with Crippen LogP contribution >= 0.6 is 0 Å². The van der Waals surface area contributed by atoms with E-state index in [-0.39, 0.29) is 18.0 Å². The van der Waals surface area contributed by atoms with Gasteiger partial charge in [0.25, 0.3) is 5.91 Å². The SMILES string of the molecule is COc1ccc([C@@](C)(O)[C@H]2CCCN2C(=O)c2ccn(C(C)C)n2)cc1. The van der Waals surface area contributed by atoms with E-state index >= 15 is 0 Å². The molecular weight excluding hydrogens is 330 g/mol. The van der Waals surface area contributed by atoms with Crippen LogP contribution in [0.2, 0.25) is 0 Å². The first kappa shape index (κ1) is 18.5. The molecule has 26 heavy (non-hydrogen) atoms. The van der Waals surface area contributed by atoms with Crippen molar-refractivity contribution in [2.45, 2.75) is 51.3 Å². The van der Waals surface area contributed by atoms with Gasteiger partial charge in [0.2, 0.25) is 0 Å². The number of nitrogens with zero attached hydrogens (tertiary/aromatic N) is 3. The molecule has 1 saturated heterocycles. The highest BCUT2D eigenvalue weighted by molar-refractivity contribution is 5.92. The highest BCUT2D eigenvalue weighted by Crippen LogP contribution is 2.36. The quantitative estimate of drug-likeness (QED) is 0.893. The number of aliphatic hydroxyl groups is 1. The Hall–Kier alpha value is -2.34. The molecule has 2 atom stereocenters. The van der Waals surface area contributed by atoms with Crippen molar-refractivity contribution in [2.75, 3.05) is 13.7 Å². The Bertz CT molecular complexity index is 765. The molecule has 1 fully saturated rings. The van der Waals surface area contributed by atoms with Crippen molar-refractivity contribution >= 4 is 5.91 Å². The van der Waals surface area contributed by atoms with Crippen LogP contribution in [0.4, 0.5) is 0 Å². The lowest BCUT2D eigenvalue weighted by Crippen LogP contribution is -2.48. The summed E-state index contributed by atoms with van der Waals surface area (Å²) in [4.78, 5) is 14.8. The zero-order valence-electron chi connectivity index (χ0n) is 15.8. The smallest absolute Gasteiger partial charge is 0.274 e. The molecule has 0 aliphatic carbocycles. The van der Waals surface area contributed by atoms with Gasteiger partial charge in [-0.3, -0.25) is 9.48 Å². The maximum Gasteiger partial charge on any atom is 0.274 e. The number of hydrogen-bond acceptors (Lipinski definition) is 4. The first-order chi connectivity index (χ1) is 12.3. The van der Waals surface area contributed by atoms with E-state index in [2.05, 4.69) is 5.10 Å². The molecule has 3 rings (SSSR count). The van der Waals surface area contributed by atoms with Crippen LogP contribution in [0.25, 0.3) is 0 Å². The maximum absolute atomic E-state index is 13.0. The molecule has 140 valence electrons. The molecule has 2 heterocycles. The van der Waals surface area contributed by atoms with Crippen LogP contribution < -0.4 is 4.74 Å². The zero-order valence-corrected chi connectivity index (χ0v) is 15.8. The lowest BCUT2D eigenvalue weighted by atomic mass is 9.86. The number of aromatic nitrogens is 2. The predicted molar refractivity (Wildman–Crippen MR) is 99.2 cm³/mol. The van der Waals surface area contributed by atoms with Gasteiger partial charge >= 0.3 is 0 Å². The molecule has 0 unspecified atom stereocenters. The molecule has 1 aliphatic rings. The number of carbonyl (C=O) groups is 1. The van der Waals surface area contributed by atoms with E-state index in [9.17, 15) is 9.90 Å². The molecule has 1 aromatic heterocycles. The number of likely N-dealkylation sites (tertiary alicyclic amines) is 1. The van der Waals surface area contributed by atoms with E-state index < -0.39 is 5.60 Å². The highest BCUT2D eigenvalue weighted by Gasteiger charge is 2.43. The minimum Gasteiger partial charge on any atom is -0.497 e. The molecule has 0 spiro atoms. The number of methoxy groups -OCH3 is 1. The number of carbonyl (C=O) groups excluding carboxylic acids is 1. The predicted octanol–water partition coefficient (Wildman–Crippen LogP) is 2.98. The second kappa shape index (κ2) is 7.11. The molecule has 6 nitrogen and oxygen atoms in total. The van der Waals surface area contributed by atoms with Gasteiger partial charge < -0.3 is 14.7 Å². The van der Waals surface area contributed by atoms with E-state index in [0.717, 1.165) is 24.2 Å². The third-order valence-corrected chi connectivity index (χ3v) is 5.19. The van der Waals surface area contributed by atoms with E-state index in [1.807, 2.05) is 44.3 Å². The fourth-order valence-corrected chi connectivity index (χ4v) is 3.60. The topological polar surface area (TPSA) is 67.6 Å². The van der Waals surface area contributed by atoms with Crippen LogP contribution in [0.15, 0.2) is 36.5 Å². The maximum atomic E-state index is 13.0. The first-order valence-corrected chi connectivity index (χ1v) is 9.07. The molecule has 1 aromatic carbocycles. The van der Waals surface area contributed by atoms with E-state index in [0.29, 0.717) is 12.2 Å². The van der Waals surface area contributed by atoms with Crippen LogP contribution in [0, 0.1) is 0 Å². The minimum absolute atomic E-state index is 0.124. The van der Waals surface area contributed by atoms with E-state index in [4.69, 9.17) is 4.74 Å². The van der Waals surface area contributed by atoms with Crippen LogP contribution in [-0.2, 0) is 5.60 Å². The van der Waals surface area contributed by atoms with E-state index in [1.165, 1.54) is 0 Å². The molecule has 1 aliphatic heterocycles. The summed E-state index contributed by atoms with van der Waals surface area (Å²) in [5.41, 5.74) is 0.0609. The third-order valence-electron chi connectivity index (χ3n) is 5.19. The Morgan fingerprint density at radius 1 is 1.31 bits per heavy atom. The summed E-state index contributed by atoms with van der Waals surface area (Å²) in [6.45, 7) is 6.45. The Labute approximate surface area is 154 Å². The molecule has 0 bridgehead atoms. The monoisotopic (exact) mass is 357 g/mol. The van der Waals surface area contributed by atoms with Crippen molar-refractivity contribution < 1.29 is 14.6 Å². The van der Waals surface area contributed by atoms with Gasteiger partial charge in [0.05, 0.1) is 13.2 Å². The van der Waals surface area contributed by atoms with Crippen LogP contribution in [0.1, 0.15) is 55.7 Å². The number of rotatable bonds is 5. The van der Waals surface area contributed by atoms with Crippen molar-refractivity contribution in [3.63, 3.8) is 0 Å². The van der Waals surface area contributed by atoms with Crippen LogP contribution in [0.3, 0.4) is 0 Å². The second-order valence-electron chi connectivity index (χ2n) is 7.31. The van der Waals surface area contributed by atoms with Gasteiger partial charge in [0, 0.05) is 18.8 Å². The lowest BCUT2D eigenvalue weighted by Gasteiger charge is -2.36. The largest absolute Gasteiger partial charge is 0.497 e. The molecule has 6 heteroatoms. The van der Waals surface area contributed by atoms with E-state index in [1.54, 1.807) is 29.7 Å². The van der Waals surface area contributed by atoms with Crippen LogP contribution in [-0.4, -0.2) is 45.4 Å². The average Bonchev–Trinajstić information content (AvgIpc) is 3.31.